The van der Waals surface area contributed by atoms with Crippen molar-refractivity contribution < 1.29 is 4.74 Å². The smallest absolute Gasteiger partial charge is 0.140 e. The normalized spacial score (nSPS) is 9.83. The van der Waals surface area contributed by atoms with Crippen LogP contribution in [-0.4, -0.2) is 6.26 Å². The van der Waals surface area contributed by atoms with E-state index >= 15 is 0 Å². The van der Waals surface area contributed by atoms with Crippen LogP contribution in [0.2, 0.25) is 0 Å². The summed E-state index contributed by atoms with van der Waals surface area (Å²) in [7, 11) is 0. The Morgan fingerprint density at radius 3 is 2.67 bits per heavy atom. The van der Waals surface area contributed by atoms with Gasteiger partial charge < -0.3 is 4.74 Å². The van der Waals surface area contributed by atoms with Gasteiger partial charge in [-0.05, 0) is 52.5 Å². The van der Waals surface area contributed by atoms with Crippen molar-refractivity contribution in [1.29, 1.82) is 5.26 Å². The summed E-state index contributed by atoms with van der Waals surface area (Å²) >= 11 is 4.99. The molecule has 0 radical (unpaired) electrons. The van der Waals surface area contributed by atoms with Gasteiger partial charge in [0.05, 0.1) is 5.56 Å². The Morgan fingerprint density at radius 2 is 2.00 bits per heavy atom. The van der Waals surface area contributed by atoms with Gasteiger partial charge >= 0.3 is 0 Å². The van der Waals surface area contributed by atoms with E-state index < -0.39 is 0 Å². The van der Waals surface area contributed by atoms with Gasteiger partial charge in [-0.2, -0.15) is 5.26 Å². The van der Waals surface area contributed by atoms with Crippen LogP contribution < -0.4 is 4.74 Å². The van der Waals surface area contributed by atoms with Crippen LogP contribution in [0, 0.1) is 11.3 Å². The Hall–Kier alpha value is -1.44. The molecule has 0 atom stereocenters. The quantitative estimate of drug-likeness (QED) is 0.759. The van der Waals surface area contributed by atoms with Gasteiger partial charge in [0.1, 0.15) is 17.6 Å². The van der Waals surface area contributed by atoms with Crippen molar-refractivity contribution in [3.05, 3.63) is 52.5 Å². The third-order valence-electron chi connectivity index (χ3n) is 2.36. The molecule has 0 aliphatic heterocycles. The van der Waals surface area contributed by atoms with Gasteiger partial charge in [0.25, 0.3) is 0 Å². The molecule has 0 aromatic heterocycles. The summed E-state index contributed by atoms with van der Waals surface area (Å²) in [5.74, 6) is 1.53. The molecule has 90 valence electrons. The van der Waals surface area contributed by atoms with Gasteiger partial charge in [0.15, 0.2) is 0 Å². The lowest BCUT2D eigenvalue weighted by molar-refractivity contribution is 0.471. The van der Waals surface area contributed by atoms with E-state index in [0.717, 1.165) is 15.1 Å². The highest BCUT2D eigenvalue weighted by Crippen LogP contribution is 2.32. The third kappa shape index (κ3) is 2.87. The van der Waals surface area contributed by atoms with Crippen LogP contribution in [0.4, 0.5) is 0 Å². The fraction of sp³-hybridized carbons (Fsp3) is 0.0714. The van der Waals surface area contributed by atoms with E-state index in [0.29, 0.717) is 11.3 Å². The molecule has 0 saturated heterocycles. The van der Waals surface area contributed by atoms with Crippen molar-refractivity contribution >= 4 is 27.7 Å². The molecule has 0 amide bonds. The Kier molecular flexibility index (Phi) is 4.29. The van der Waals surface area contributed by atoms with Gasteiger partial charge in [-0.1, -0.05) is 12.1 Å². The molecule has 0 aliphatic carbocycles. The standard InChI is InChI=1S/C14H10BrNOS/c1-18-14-5-3-2-4-13(14)17-11-7-6-10(9-16)12(15)8-11/h2-8H,1H3. The first-order valence-corrected chi connectivity index (χ1v) is 7.27. The summed E-state index contributed by atoms with van der Waals surface area (Å²) in [5, 5.41) is 8.86. The maximum Gasteiger partial charge on any atom is 0.140 e. The second-order valence-corrected chi connectivity index (χ2v) is 5.21. The summed E-state index contributed by atoms with van der Waals surface area (Å²) in [6.45, 7) is 0. The fourth-order valence-electron chi connectivity index (χ4n) is 1.48. The minimum absolute atomic E-state index is 0.598. The average molecular weight is 320 g/mol. The van der Waals surface area contributed by atoms with Crippen LogP contribution in [0.1, 0.15) is 5.56 Å². The number of hydrogen-bond donors (Lipinski definition) is 0. The molecule has 2 aromatic carbocycles. The second kappa shape index (κ2) is 5.94. The number of benzene rings is 2. The van der Waals surface area contributed by atoms with E-state index in [1.165, 1.54) is 0 Å². The molecular weight excluding hydrogens is 310 g/mol. The van der Waals surface area contributed by atoms with Gasteiger partial charge in [-0.3, -0.25) is 0 Å². The highest BCUT2D eigenvalue weighted by atomic mass is 79.9. The van der Waals surface area contributed by atoms with E-state index in [-0.39, 0.29) is 0 Å². The molecule has 4 heteroatoms. The summed E-state index contributed by atoms with van der Waals surface area (Å²) in [6.07, 6.45) is 2.01. The molecule has 0 aliphatic rings. The van der Waals surface area contributed by atoms with Crippen LogP contribution in [0.25, 0.3) is 0 Å². The molecular formula is C14H10BrNOS. The molecule has 2 rings (SSSR count). The predicted octanol–water partition coefficient (Wildman–Crippen LogP) is 4.83. The van der Waals surface area contributed by atoms with Crippen molar-refractivity contribution in [1.82, 2.24) is 0 Å². The summed E-state index contributed by atoms with van der Waals surface area (Å²) < 4.78 is 6.56. The highest BCUT2D eigenvalue weighted by Gasteiger charge is 2.05. The minimum atomic E-state index is 0.598. The lowest BCUT2D eigenvalue weighted by Gasteiger charge is -2.09. The predicted molar refractivity (Wildman–Crippen MR) is 77.2 cm³/mol. The van der Waals surface area contributed by atoms with Crippen molar-refractivity contribution in [2.75, 3.05) is 6.26 Å². The Morgan fingerprint density at radius 1 is 1.22 bits per heavy atom. The zero-order valence-corrected chi connectivity index (χ0v) is 12.1. The maximum absolute atomic E-state index is 8.86. The lowest BCUT2D eigenvalue weighted by atomic mass is 10.2. The monoisotopic (exact) mass is 319 g/mol. The number of hydrogen-bond acceptors (Lipinski definition) is 3. The van der Waals surface area contributed by atoms with Crippen LogP contribution in [0.3, 0.4) is 0 Å². The van der Waals surface area contributed by atoms with Gasteiger partial charge in [0.2, 0.25) is 0 Å². The summed E-state index contributed by atoms with van der Waals surface area (Å²) in [6, 6.07) is 15.3. The van der Waals surface area contributed by atoms with Gasteiger partial charge in [-0.25, -0.2) is 0 Å². The molecule has 0 fully saturated rings. The first-order valence-electron chi connectivity index (χ1n) is 5.25. The molecule has 0 bridgehead atoms. The van der Waals surface area contributed by atoms with E-state index in [9.17, 15) is 0 Å². The maximum atomic E-state index is 8.86. The molecule has 0 heterocycles. The lowest BCUT2D eigenvalue weighted by Crippen LogP contribution is -1.87. The summed E-state index contributed by atoms with van der Waals surface area (Å²) in [4.78, 5) is 1.08. The number of halogens is 1. The van der Waals surface area contributed by atoms with Gasteiger partial charge in [0, 0.05) is 9.37 Å². The highest BCUT2D eigenvalue weighted by molar-refractivity contribution is 9.10. The Balaban J connectivity index is 2.29. The first-order chi connectivity index (χ1) is 8.74. The van der Waals surface area contributed by atoms with Crippen molar-refractivity contribution in [2.24, 2.45) is 0 Å². The average Bonchev–Trinajstić information content (AvgIpc) is 2.39. The topological polar surface area (TPSA) is 33.0 Å². The number of rotatable bonds is 3. The van der Waals surface area contributed by atoms with Crippen LogP contribution in [0.15, 0.2) is 51.8 Å². The van der Waals surface area contributed by atoms with E-state index in [4.69, 9.17) is 10.00 Å². The number of para-hydroxylation sites is 1. The molecule has 18 heavy (non-hydrogen) atoms. The first kappa shape index (κ1) is 13.0. The molecule has 0 N–H and O–H groups in total. The number of thioether (sulfide) groups is 1. The Bertz CT molecular complexity index is 607. The molecule has 2 nitrogen and oxygen atoms in total. The number of nitrogens with zero attached hydrogens (tertiary/aromatic N) is 1. The fourth-order valence-corrected chi connectivity index (χ4v) is 2.45. The molecule has 0 spiro atoms. The molecule has 0 saturated carbocycles. The van der Waals surface area contributed by atoms with E-state index in [1.807, 2.05) is 30.5 Å². The van der Waals surface area contributed by atoms with Crippen LogP contribution >= 0.6 is 27.7 Å². The third-order valence-corrected chi connectivity index (χ3v) is 3.79. The largest absolute Gasteiger partial charge is 0.456 e. The second-order valence-electron chi connectivity index (χ2n) is 3.51. The minimum Gasteiger partial charge on any atom is -0.456 e. The molecule has 0 unspecified atom stereocenters. The number of ether oxygens (including phenoxy) is 1. The SMILES string of the molecule is CSc1ccccc1Oc1ccc(C#N)c(Br)c1. The summed E-state index contributed by atoms with van der Waals surface area (Å²) in [5.41, 5.74) is 0.598. The van der Waals surface area contributed by atoms with E-state index in [2.05, 4.69) is 22.0 Å². The number of nitriles is 1. The Labute approximate surface area is 119 Å². The van der Waals surface area contributed by atoms with Crippen molar-refractivity contribution in [3.8, 4) is 17.6 Å². The van der Waals surface area contributed by atoms with Crippen LogP contribution in [0.5, 0.6) is 11.5 Å². The van der Waals surface area contributed by atoms with Crippen LogP contribution in [-0.2, 0) is 0 Å². The zero-order valence-electron chi connectivity index (χ0n) is 9.68. The van der Waals surface area contributed by atoms with E-state index in [1.54, 1.807) is 30.0 Å². The van der Waals surface area contributed by atoms with Crippen molar-refractivity contribution in [3.63, 3.8) is 0 Å². The van der Waals surface area contributed by atoms with Crippen molar-refractivity contribution in [2.45, 2.75) is 4.90 Å². The van der Waals surface area contributed by atoms with Gasteiger partial charge in [-0.15, -0.1) is 11.8 Å². The molecule has 2 aromatic rings. The zero-order chi connectivity index (χ0) is 13.0.